The lowest BCUT2D eigenvalue weighted by Gasteiger charge is -2.16. The molecular formula is C13H9Br2Cl2N. The van der Waals surface area contributed by atoms with Gasteiger partial charge in [0.2, 0.25) is 0 Å². The van der Waals surface area contributed by atoms with Crippen LogP contribution >= 0.6 is 55.1 Å². The summed E-state index contributed by atoms with van der Waals surface area (Å²) in [7, 11) is 0. The molecule has 0 aliphatic heterocycles. The minimum absolute atomic E-state index is 0.304. The van der Waals surface area contributed by atoms with Crippen LogP contribution in [0.5, 0.6) is 0 Å². The Labute approximate surface area is 133 Å². The first-order chi connectivity index (χ1) is 8.49. The minimum atomic E-state index is -0.304. The summed E-state index contributed by atoms with van der Waals surface area (Å²) in [4.78, 5) is 0. The normalized spacial score (nSPS) is 12.5. The Morgan fingerprint density at radius 3 is 2.33 bits per heavy atom. The number of nitrogens with two attached hydrogens (primary N) is 1. The fraction of sp³-hybridized carbons (Fsp3) is 0.0769. The molecule has 0 heterocycles. The van der Waals surface area contributed by atoms with E-state index in [1.165, 1.54) is 0 Å². The Balaban J connectivity index is 2.47. The van der Waals surface area contributed by atoms with Crippen molar-refractivity contribution in [1.82, 2.24) is 0 Å². The second-order valence-corrected chi connectivity index (χ2v) is 6.42. The molecule has 1 unspecified atom stereocenters. The zero-order valence-corrected chi connectivity index (χ0v) is 13.8. The molecule has 0 aliphatic carbocycles. The molecule has 5 heteroatoms. The van der Waals surface area contributed by atoms with Gasteiger partial charge in [-0.1, -0.05) is 61.1 Å². The fourth-order valence-corrected chi connectivity index (χ4v) is 3.07. The largest absolute Gasteiger partial charge is 0.320 e. The molecule has 1 atom stereocenters. The maximum atomic E-state index is 6.26. The highest BCUT2D eigenvalue weighted by molar-refractivity contribution is 9.11. The molecule has 0 radical (unpaired) electrons. The SMILES string of the molecule is NC(c1ccc(Cl)cc1Cl)c1cc(Br)ccc1Br. The monoisotopic (exact) mass is 407 g/mol. The van der Waals surface area contributed by atoms with Gasteiger partial charge in [0.05, 0.1) is 6.04 Å². The molecule has 0 fully saturated rings. The molecule has 2 rings (SSSR count). The van der Waals surface area contributed by atoms with E-state index in [1.54, 1.807) is 12.1 Å². The van der Waals surface area contributed by atoms with E-state index in [0.29, 0.717) is 10.0 Å². The van der Waals surface area contributed by atoms with Crippen molar-refractivity contribution in [2.45, 2.75) is 6.04 Å². The quantitative estimate of drug-likeness (QED) is 0.689. The highest BCUT2D eigenvalue weighted by Crippen LogP contribution is 2.33. The maximum absolute atomic E-state index is 6.26. The number of hydrogen-bond acceptors (Lipinski definition) is 1. The number of rotatable bonds is 2. The highest BCUT2D eigenvalue weighted by Gasteiger charge is 2.15. The van der Waals surface area contributed by atoms with Gasteiger partial charge in [0.15, 0.2) is 0 Å². The van der Waals surface area contributed by atoms with Crippen LogP contribution in [0, 0.1) is 0 Å². The third kappa shape index (κ3) is 3.09. The first-order valence-corrected chi connectivity index (χ1v) is 7.48. The summed E-state index contributed by atoms with van der Waals surface area (Å²) in [5.74, 6) is 0. The molecule has 0 spiro atoms. The van der Waals surface area contributed by atoms with Crippen LogP contribution in [0.15, 0.2) is 45.3 Å². The summed E-state index contributed by atoms with van der Waals surface area (Å²) < 4.78 is 1.92. The van der Waals surface area contributed by atoms with Crippen molar-refractivity contribution in [2.75, 3.05) is 0 Å². The summed E-state index contributed by atoms with van der Waals surface area (Å²) in [5.41, 5.74) is 8.07. The highest BCUT2D eigenvalue weighted by atomic mass is 79.9. The predicted molar refractivity (Wildman–Crippen MR) is 84.3 cm³/mol. The van der Waals surface area contributed by atoms with Crippen molar-refractivity contribution < 1.29 is 0 Å². The van der Waals surface area contributed by atoms with E-state index in [9.17, 15) is 0 Å². The van der Waals surface area contributed by atoms with Crippen LogP contribution in [0.4, 0.5) is 0 Å². The fourth-order valence-electron chi connectivity index (χ4n) is 1.67. The lowest BCUT2D eigenvalue weighted by molar-refractivity contribution is 0.865. The summed E-state index contributed by atoms with van der Waals surface area (Å²) in [6.07, 6.45) is 0. The van der Waals surface area contributed by atoms with E-state index < -0.39 is 0 Å². The van der Waals surface area contributed by atoms with E-state index >= 15 is 0 Å². The molecular weight excluding hydrogens is 401 g/mol. The topological polar surface area (TPSA) is 26.0 Å². The molecule has 0 aromatic heterocycles. The van der Waals surface area contributed by atoms with E-state index in [1.807, 2.05) is 24.3 Å². The Bertz CT molecular complexity index is 587. The Hall–Kier alpha value is -0.0600. The van der Waals surface area contributed by atoms with Crippen LogP contribution < -0.4 is 5.73 Å². The van der Waals surface area contributed by atoms with E-state index in [0.717, 1.165) is 20.1 Å². The lowest BCUT2D eigenvalue weighted by atomic mass is 10.00. The molecule has 2 aromatic rings. The number of hydrogen-bond donors (Lipinski definition) is 1. The van der Waals surface area contributed by atoms with Gasteiger partial charge >= 0.3 is 0 Å². The standard InChI is InChI=1S/C13H9Br2Cl2N/c14-7-1-4-11(15)10(5-7)13(18)9-3-2-8(16)6-12(9)17/h1-6,13H,18H2. The van der Waals surface area contributed by atoms with Gasteiger partial charge in [0.1, 0.15) is 0 Å². The van der Waals surface area contributed by atoms with Gasteiger partial charge in [0.25, 0.3) is 0 Å². The van der Waals surface area contributed by atoms with Gasteiger partial charge in [-0.25, -0.2) is 0 Å². The molecule has 18 heavy (non-hydrogen) atoms. The second-order valence-electron chi connectivity index (χ2n) is 3.81. The lowest BCUT2D eigenvalue weighted by Crippen LogP contribution is -2.13. The van der Waals surface area contributed by atoms with Crippen molar-refractivity contribution in [1.29, 1.82) is 0 Å². The zero-order valence-electron chi connectivity index (χ0n) is 9.13. The van der Waals surface area contributed by atoms with Crippen molar-refractivity contribution in [3.63, 3.8) is 0 Å². The van der Waals surface area contributed by atoms with Crippen molar-refractivity contribution in [3.05, 3.63) is 66.5 Å². The first-order valence-electron chi connectivity index (χ1n) is 5.14. The Morgan fingerprint density at radius 1 is 0.944 bits per heavy atom. The molecule has 2 aromatic carbocycles. The van der Waals surface area contributed by atoms with Crippen LogP contribution in [0.25, 0.3) is 0 Å². The molecule has 94 valence electrons. The van der Waals surface area contributed by atoms with E-state index in [4.69, 9.17) is 28.9 Å². The molecule has 0 amide bonds. The average molecular weight is 410 g/mol. The van der Waals surface area contributed by atoms with Crippen LogP contribution in [0.3, 0.4) is 0 Å². The summed E-state index contributed by atoms with van der Waals surface area (Å²) >= 11 is 19.0. The zero-order chi connectivity index (χ0) is 13.3. The van der Waals surface area contributed by atoms with Crippen molar-refractivity contribution in [3.8, 4) is 0 Å². The average Bonchev–Trinajstić information content (AvgIpc) is 2.31. The third-order valence-electron chi connectivity index (χ3n) is 2.59. The molecule has 0 saturated heterocycles. The van der Waals surface area contributed by atoms with Crippen LogP contribution in [0.2, 0.25) is 10.0 Å². The van der Waals surface area contributed by atoms with Gasteiger partial charge in [-0.2, -0.15) is 0 Å². The van der Waals surface area contributed by atoms with Crippen LogP contribution in [0.1, 0.15) is 17.2 Å². The number of halogens is 4. The summed E-state index contributed by atoms with van der Waals surface area (Å²) in [5, 5.41) is 1.17. The maximum Gasteiger partial charge on any atom is 0.0578 e. The smallest absolute Gasteiger partial charge is 0.0578 e. The molecule has 2 N–H and O–H groups in total. The Morgan fingerprint density at radius 2 is 1.67 bits per heavy atom. The van der Waals surface area contributed by atoms with Crippen molar-refractivity contribution >= 4 is 55.1 Å². The van der Waals surface area contributed by atoms with Gasteiger partial charge < -0.3 is 5.73 Å². The first kappa shape index (κ1) is 14.4. The van der Waals surface area contributed by atoms with Gasteiger partial charge in [-0.3, -0.25) is 0 Å². The molecule has 1 nitrogen and oxygen atoms in total. The second kappa shape index (κ2) is 5.93. The van der Waals surface area contributed by atoms with Crippen LogP contribution in [-0.2, 0) is 0 Å². The van der Waals surface area contributed by atoms with Crippen LogP contribution in [-0.4, -0.2) is 0 Å². The van der Waals surface area contributed by atoms with E-state index in [-0.39, 0.29) is 6.04 Å². The predicted octanol–water partition coefficient (Wildman–Crippen LogP) is 5.57. The summed E-state index contributed by atoms with van der Waals surface area (Å²) in [6.45, 7) is 0. The van der Waals surface area contributed by atoms with E-state index in [2.05, 4.69) is 31.9 Å². The Kier molecular flexibility index (Phi) is 4.73. The molecule has 0 saturated carbocycles. The van der Waals surface area contributed by atoms with Gasteiger partial charge in [-0.15, -0.1) is 0 Å². The third-order valence-corrected chi connectivity index (χ3v) is 4.37. The van der Waals surface area contributed by atoms with Gasteiger partial charge in [0, 0.05) is 19.0 Å². The minimum Gasteiger partial charge on any atom is -0.320 e. The van der Waals surface area contributed by atoms with Crippen molar-refractivity contribution in [2.24, 2.45) is 5.73 Å². The molecule has 0 bridgehead atoms. The van der Waals surface area contributed by atoms with Gasteiger partial charge in [-0.05, 0) is 41.5 Å². The molecule has 0 aliphatic rings. The number of benzene rings is 2. The summed E-state index contributed by atoms with van der Waals surface area (Å²) in [6, 6.07) is 10.9.